The number of aromatic nitrogens is 6. The molecule has 13 nitrogen and oxygen atoms in total. The maximum Gasteiger partial charge on any atom is 0.237 e. The number of pyridine rings is 1. The molecular formula is C38H43N9O4. The van der Waals surface area contributed by atoms with Crippen molar-refractivity contribution in [1.29, 1.82) is 0 Å². The minimum Gasteiger partial charge on any atom is -0.475 e. The van der Waals surface area contributed by atoms with Gasteiger partial charge in [-0.1, -0.05) is 30.3 Å². The SMILES string of the molecule is COCCOc1ccc(-c2n[nH]c3ccc(N=C(C)[C@]4(OC)CCN(CC(=O)N5CC=C(c6ccc(-c7ncn(C)n7)cc6)CC5)C4)cc23)cn1. The van der Waals surface area contributed by atoms with Gasteiger partial charge in [0.25, 0.3) is 0 Å². The molecule has 2 aliphatic heterocycles. The molecule has 51 heavy (non-hydrogen) atoms. The van der Waals surface area contributed by atoms with Crippen LogP contribution >= 0.6 is 0 Å². The van der Waals surface area contributed by atoms with Crippen molar-refractivity contribution in [2.75, 3.05) is 60.2 Å². The summed E-state index contributed by atoms with van der Waals surface area (Å²) < 4.78 is 18.5. The van der Waals surface area contributed by atoms with Crippen LogP contribution in [0.15, 0.2) is 78.2 Å². The summed E-state index contributed by atoms with van der Waals surface area (Å²) in [4.78, 5) is 31.4. The molecule has 5 aromatic rings. The molecule has 0 unspecified atom stereocenters. The van der Waals surface area contributed by atoms with Crippen molar-refractivity contribution in [2.45, 2.75) is 25.4 Å². The van der Waals surface area contributed by atoms with Crippen molar-refractivity contribution in [1.82, 2.24) is 39.7 Å². The molecule has 2 aromatic carbocycles. The van der Waals surface area contributed by atoms with Crippen LogP contribution in [0.1, 0.15) is 25.3 Å². The number of methoxy groups -OCH3 is 2. The average molecular weight is 690 g/mol. The fourth-order valence-corrected chi connectivity index (χ4v) is 6.78. The highest BCUT2D eigenvalue weighted by Crippen LogP contribution is 2.33. The number of aryl methyl sites for hydroxylation is 1. The van der Waals surface area contributed by atoms with Gasteiger partial charge in [0, 0.05) is 81.9 Å². The third kappa shape index (κ3) is 7.46. The third-order valence-corrected chi connectivity index (χ3v) is 9.79. The van der Waals surface area contributed by atoms with Gasteiger partial charge < -0.3 is 19.1 Å². The van der Waals surface area contributed by atoms with Crippen molar-refractivity contribution in [2.24, 2.45) is 12.0 Å². The molecule has 0 aliphatic carbocycles. The molecule has 0 bridgehead atoms. The van der Waals surface area contributed by atoms with Gasteiger partial charge in [0.15, 0.2) is 5.82 Å². The van der Waals surface area contributed by atoms with Gasteiger partial charge in [-0.05, 0) is 55.2 Å². The Hall–Kier alpha value is -5.24. The predicted octanol–water partition coefficient (Wildman–Crippen LogP) is 4.94. The number of likely N-dealkylation sites (tertiary alicyclic amines) is 1. The van der Waals surface area contributed by atoms with E-state index in [0.29, 0.717) is 51.1 Å². The summed E-state index contributed by atoms with van der Waals surface area (Å²) in [6, 6.07) is 18.1. The molecule has 264 valence electrons. The lowest BCUT2D eigenvalue weighted by Crippen LogP contribution is -2.45. The zero-order chi connectivity index (χ0) is 35.4. The number of hydrogen-bond donors (Lipinski definition) is 1. The Morgan fingerprint density at radius 1 is 1.00 bits per heavy atom. The molecule has 2 aliphatic rings. The maximum absolute atomic E-state index is 13.4. The van der Waals surface area contributed by atoms with Gasteiger partial charge in [-0.2, -0.15) is 10.2 Å². The monoisotopic (exact) mass is 689 g/mol. The first-order valence-electron chi connectivity index (χ1n) is 17.2. The molecule has 1 fully saturated rings. The average Bonchev–Trinajstić information content (AvgIpc) is 3.91. The molecule has 13 heteroatoms. The first-order chi connectivity index (χ1) is 24.8. The van der Waals surface area contributed by atoms with Crippen LogP contribution in [0, 0.1) is 0 Å². The number of rotatable bonds is 12. The number of hydrogen-bond acceptors (Lipinski definition) is 10. The number of amides is 1. The number of benzene rings is 2. The van der Waals surface area contributed by atoms with Crippen LogP contribution in [0.3, 0.4) is 0 Å². The zero-order valence-corrected chi connectivity index (χ0v) is 29.5. The summed E-state index contributed by atoms with van der Waals surface area (Å²) in [5, 5.41) is 13.0. The molecule has 0 radical (unpaired) electrons. The van der Waals surface area contributed by atoms with Crippen molar-refractivity contribution < 1.29 is 19.0 Å². The van der Waals surface area contributed by atoms with Gasteiger partial charge in [-0.25, -0.2) is 9.97 Å². The molecule has 1 N–H and O–H groups in total. The standard InChI is InChI=1S/C38H43N9O4/c1-26(41-31-10-11-33-32(21-31)36(43-42-33)30-9-12-34(39-22-30)51-20-19-49-3)38(50-4)15-18-46(24-38)23-35(48)47-16-13-28(14-17-47)27-5-7-29(8-6-27)37-40-25-45(2)44-37/h5-13,21-22,25H,14-20,23-24H2,1-4H3,(H,42,43)/t38-/m0/s1. The highest BCUT2D eigenvalue weighted by atomic mass is 16.5. The predicted molar refractivity (Wildman–Crippen MR) is 196 cm³/mol. The van der Waals surface area contributed by atoms with Crippen LogP contribution < -0.4 is 4.74 Å². The second kappa shape index (κ2) is 14.9. The molecule has 0 spiro atoms. The zero-order valence-electron chi connectivity index (χ0n) is 29.5. The summed E-state index contributed by atoms with van der Waals surface area (Å²) in [6.07, 6.45) is 7.19. The quantitative estimate of drug-likeness (QED) is 0.143. The van der Waals surface area contributed by atoms with Gasteiger partial charge in [0.1, 0.15) is 24.2 Å². The van der Waals surface area contributed by atoms with Crippen molar-refractivity contribution in [3.63, 3.8) is 0 Å². The molecule has 0 saturated carbocycles. The number of carbonyl (C=O) groups excluding carboxylic acids is 1. The molecular weight excluding hydrogens is 646 g/mol. The summed E-state index contributed by atoms with van der Waals surface area (Å²) in [5.74, 6) is 1.38. The summed E-state index contributed by atoms with van der Waals surface area (Å²) in [7, 11) is 5.23. The number of aromatic amines is 1. The van der Waals surface area contributed by atoms with Gasteiger partial charge in [0.05, 0.1) is 24.4 Å². The number of fused-ring (bicyclic) bond motifs is 1. The van der Waals surface area contributed by atoms with Crippen LogP contribution in [0.25, 0.3) is 39.1 Å². The Kier molecular flexibility index (Phi) is 10.0. The molecule has 5 heterocycles. The molecule has 1 amide bonds. The van der Waals surface area contributed by atoms with E-state index in [1.165, 1.54) is 11.1 Å². The maximum atomic E-state index is 13.4. The first-order valence-corrected chi connectivity index (χ1v) is 17.2. The lowest BCUT2D eigenvalue weighted by Gasteiger charge is -2.30. The van der Waals surface area contributed by atoms with Crippen LogP contribution in [0.2, 0.25) is 0 Å². The Balaban J connectivity index is 0.973. The number of nitrogens with zero attached hydrogens (tertiary/aromatic N) is 8. The third-order valence-electron chi connectivity index (χ3n) is 9.79. The number of nitrogens with one attached hydrogen (secondary N) is 1. The molecule has 7 rings (SSSR count). The summed E-state index contributed by atoms with van der Waals surface area (Å²) in [6.45, 7) is 5.94. The normalized spacial score (nSPS) is 18.4. The largest absolute Gasteiger partial charge is 0.475 e. The van der Waals surface area contributed by atoms with Gasteiger partial charge in [-0.15, -0.1) is 0 Å². The van der Waals surface area contributed by atoms with E-state index in [1.807, 2.05) is 49.2 Å². The Bertz CT molecular complexity index is 2050. The number of ether oxygens (including phenoxy) is 3. The fourth-order valence-electron chi connectivity index (χ4n) is 6.78. The van der Waals surface area contributed by atoms with Crippen LogP contribution in [0.4, 0.5) is 5.69 Å². The second-order valence-corrected chi connectivity index (χ2v) is 13.0. The Labute approximate surface area is 297 Å². The van der Waals surface area contributed by atoms with E-state index in [1.54, 1.807) is 31.4 Å². The van der Waals surface area contributed by atoms with Crippen molar-refractivity contribution >= 4 is 33.8 Å². The van der Waals surface area contributed by atoms with E-state index in [4.69, 9.17) is 19.2 Å². The molecule has 1 saturated heterocycles. The minimum absolute atomic E-state index is 0.130. The number of H-pyrrole nitrogens is 1. The van der Waals surface area contributed by atoms with Crippen LogP contribution in [-0.2, 0) is 21.3 Å². The highest BCUT2D eigenvalue weighted by molar-refractivity contribution is 5.97. The first kappa shape index (κ1) is 34.2. The van der Waals surface area contributed by atoms with E-state index < -0.39 is 5.60 Å². The fraction of sp³-hybridized carbons (Fsp3) is 0.368. The summed E-state index contributed by atoms with van der Waals surface area (Å²) >= 11 is 0. The Morgan fingerprint density at radius 2 is 1.82 bits per heavy atom. The minimum atomic E-state index is -0.580. The van der Waals surface area contributed by atoms with Gasteiger partial charge in [-0.3, -0.25) is 24.5 Å². The second-order valence-electron chi connectivity index (χ2n) is 13.0. The lowest BCUT2D eigenvalue weighted by atomic mass is 9.97. The van der Waals surface area contributed by atoms with Crippen LogP contribution in [0.5, 0.6) is 5.88 Å². The van der Waals surface area contributed by atoms with E-state index >= 15 is 0 Å². The van der Waals surface area contributed by atoms with E-state index in [2.05, 4.69) is 60.5 Å². The lowest BCUT2D eigenvalue weighted by molar-refractivity contribution is -0.131. The van der Waals surface area contributed by atoms with Gasteiger partial charge in [0.2, 0.25) is 11.8 Å². The number of carbonyl (C=O) groups is 1. The summed E-state index contributed by atoms with van der Waals surface area (Å²) in [5.41, 5.74) is 7.07. The van der Waals surface area contributed by atoms with Crippen molar-refractivity contribution in [3.8, 4) is 28.5 Å². The van der Waals surface area contributed by atoms with Crippen molar-refractivity contribution in [3.05, 3.63) is 78.8 Å². The number of aliphatic imine (C=N–C) groups is 1. The Morgan fingerprint density at radius 3 is 2.53 bits per heavy atom. The molecule has 3 aromatic heterocycles. The highest BCUT2D eigenvalue weighted by Gasteiger charge is 2.42. The smallest absolute Gasteiger partial charge is 0.237 e. The van der Waals surface area contributed by atoms with E-state index in [9.17, 15) is 4.79 Å². The topological polar surface area (TPSA) is 136 Å². The van der Waals surface area contributed by atoms with E-state index in [-0.39, 0.29) is 5.91 Å². The van der Waals surface area contributed by atoms with Gasteiger partial charge >= 0.3 is 0 Å². The van der Waals surface area contributed by atoms with Crippen LogP contribution in [-0.4, -0.2) is 117 Å². The van der Waals surface area contributed by atoms with E-state index in [0.717, 1.165) is 58.5 Å². The molecule has 1 atom stereocenters.